The van der Waals surface area contributed by atoms with Crippen LogP contribution in [0.15, 0.2) is 11.5 Å². The van der Waals surface area contributed by atoms with Gasteiger partial charge in [0.2, 0.25) is 5.76 Å². The second-order valence-corrected chi connectivity index (χ2v) is 5.03. The van der Waals surface area contributed by atoms with Crippen LogP contribution in [0.5, 0.6) is 0 Å². The molecule has 9 N–H and O–H groups in total. The fourth-order valence-electron chi connectivity index (χ4n) is 1.90. The quantitative estimate of drug-likeness (QED) is 0.218. The number of carbonyl (C=O) groups excluding carboxylic acids is 1. The molecule has 1 saturated heterocycles. The van der Waals surface area contributed by atoms with Gasteiger partial charge in [0.25, 0.3) is 0 Å². The standard InChI is InChI=1S/C6H8O6.C6H12O6/c7-1-2(8)5-3(9)4(10)6(11)12-5;7-1-2-3(8)4(9)5(10)6(11)12-2/h2,5,7-10H,1H2;2-11H,1H2/t2-,5+;2-,3-,4+,5-,6?/m01/s1. The molecular formula is C12H20O12. The third-order valence-corrected chi connectivity index (χ3v) is 3.34. The van der Waals surface area contributed by atoms with Gasteiger partial charge >= 0.3 is 5.97 Å². The van der Waals surface area contributed by atoms with Crippen LogP contribution in [0.3, 0.4) is 0 Å². The highest BCUT2D eigenvalue weighted by molar-refractivity contribution is 5.89. The maximum Gasteiger partial charge on any atom is 0.377 e. The van der Waals surface area contributed by atoms with Gasteiger partial charge in [-0.15, -0.1) is 0 Å². The summed E-state index contributed by atoms with van der Waals surface area (Å²) >= 11 is 0. The Hall–Kier alpha value is -1.51. The maximum absolute atomic E-state index is 10.5. The Kier molecular flexibility index (Phi) is 7.31. The first-order chi connectivity index (χ1) is 11.1. The van der Waals surface area contributed by atoms with Gasteiger partial charge in [0.05, 0.1) is 13.2 Å². The summed E-state index contributed by atoms with van der Waals surface area (Å²) in [6.45, 7) is -1.20. The van der Waals surface area contributed by atoms with Crippen molar-refractivity contribution in [2.75, 3.05) is 13.2 Å². The van der Waals surface area contributed by atoms with E-state index in [1.807, 2.05) is 0 Å². The normalized spacial score (nSPS) is 37.5. The first kappa shape index (κ1) is 20.5. The molecule has 24 heavy (non-hydrogen) atoms. The molecule has 0 aliphatic carbocycles. The van der Waals surface area contributed by atoms with Crippen LogP contribution in [0.1, 0.15) is 0 Å². The van der Waals surface area contributed by atoms with Crippen LogP contribution < -0.4 is 0 Å². The summed E-state index contributed by atoms with van der Waals surface area (Å²) < 4.78 is 8.89. The van der Waals surface area contributed by atoms with Crippen LogP contribution in [0.2, 0.25) is 0 Å². The summed E-state index contributed by atoms with van der Waals surface area (Å²) in [5.41, 5.74) is 0. The van der Waals surface area contributed by atoms with Crippen LogP contribution in [0.25, 0.3) is 0 Å². The van der Waals surface area contributed by atoms with E-state index < -0.39 is 73.6 Å². The number of aliphatic hydroxyl groups excluding tert-OH is 9. The van der Waals surface area contributed by atoms with Gasteiger partial charge in [-0.2, -0.15) is 0 Å². The summed E-state index contributed by atoms with van der Waals surface area (Å²) in [5, 5.41) is 79.7. The Morgan fingerprint density at radius 1 is 1.00 bits per heavy atom. The zero-order chi connectivity index (χ0) is 18.6. The minimum atomic E-state index is -1.57. The van der Waals surface area contributed by atoms with Crippen molar-refractivity contribution in [3.8, 4) is 0 Å². The van der Waals surface area contributed by atoms with Crippen molar-refractivity contribution in [1.29, 1.82) is 0 Å². The molecule has 0 spiro atoms. The fourth-order valence-corrected chi connectivity index (χ4v) is 1.90. The zero-order valence-corrected chi connectivity index (χ0v) is 12.2. The van der Waals surface area contributed by atoms with Gasteiger partial charge in [-0.05, 0) is 0 Å². The average Bonchev–Trinajstić information content (AvgIpc) is 2.83. The zero-order valence-electron chi connectivity index (χ0n) is 12.2. The largest absolute Gasteiger partial charge is 0.505 e. The molecule has 12 nitrogen and oxygen atoms in total. The molecule has 0 amide bonds. The van der Waals surface area contributed by atoms with Crippen molar-refractivity contribution in [1.82, 2.24) is 0 Å². The van der Waals surface area contributed by atoms with Gasteiger partial charge in [-0.25, -0.2) is 4.79 Å². The van der Waals surface area contributed by atoms with E-state index in [0.717, 1.165) is 0 Å². The third-order valence-electron chi connectivity index (χ3n) is 3.34. The van der Waals surface area contributed by atoms with Gasteiger partial charge in [-0.1, -0.05) is 0 Å². The number of rotatable bonds is 3. The van der Waals surface area contributed by atoms with E-state index in [4.69, 9.17) is 46.0 Å². The molecule has 140 valence electrons. The van der Waals surface area contributed by atoms with Gasteiger partial charge in [-0.3, -0.25) is 0 Å². The Bertz CT molecular complexity index is 460. The Morgan fingerprint density at radius 3 is 2.00 bits per heavy atom. The Labute approximate surface area is 135 Å². The predicted octanol–water partition coefficient (Wildman–Crippen LogP) is -4.63. The van der Waals surface area contributed by atoms with E-state index in [1.54, 1.807) is 0 Å². The van der Waals surface area contributed by atoms with Gasteiger partial charge in [0, 0.05) is 0 Å². The number of ether oxygens (including phenoxy) is 2. The smallest absolute Gasteiger partial charge is 0.377 e. The number of esters is 1. The molecule has 0 saturated carbocycles. The molecule has 2 heterocycles. The molecule has 2 rings (SSSR count). The van der Waals surface area contributed by atoms with Crippen molar-refractivity contribution < 1.29 is 60.2 Å². The average molecular weight is 356 g/mol. The molecule has 7 atom stereocenters. The van der Waals surface area contributed by atoms with E-state index in [0.29, 0.717) is 0 Å². The summed E-state index contributed by atoms with van der Waals surface area (Å²) in [4.78, 5) is 10.5. The first-order valence-electron chi connectivity index (χ1n) is 6.76. The van der Waals surface area contributed by atoms with Crippen LogP contribution in [0.4, 0.5) is 0 Å². The Morgan fingerprint density at radius 2 is 1.58 bits per heavy atom. The highest BCUT2D eigenvalue weighted by Gasteiger charge is 2.42. The molecule has 0 radical (unpaired) electrons. The second-order valence-electron chi connectivity index (χ2n) is 5.03. The van der Waals surface area contributed by atoms with Crippen LogP contribution in [-0.2, 0) is 14.3 Å². The minimum absolute atomic E-state index is 0.526. The van der Waals surface area contributed by atoms with E-state index in [1.165, 1.54) is 0 Å². The monoisotopic (exact) mass is 356 g/mol. The molecule has 2 aliphatic heterocycles. The van der Waals surface area contributed by atoms with Crippen molar-refractivity contribution in [2.24, 2.45) is 0 Å². The molecular weight excluding hydrogens is 336 g/mol. The van der Waals surface area contributed by atoms with Gasteiger partial charge in [0.1, 0.15) is 30.5 Å². The van der Waals surface area contributed by atoms with Crippen LogP contribution in [-0.4, -0.2) is 108 Å². The van der Waals surface area contributed by atoms with E-state index >= 15 is 0 Å². The third kappa shape index (κ3) is 4.31. The van der Waals surface area contributed by atoms with E-state index in [2.05, 4.69) is 9.47 Å². The fraction of sp³-hybridized carbons (Fsp3) is 0.750. The molecule has 12 heteroatoms. The maximum atomic E-state index is 10.5. The highest BCUT2D eigenvalue weighted by Crippen LogP contribution is 2.21. The molecule has 1 unspecified atom stereocenters. The lowest BCUT2D eigenvalue weighted by Gasteiger charge is -2.37. The molecule has 0 aromatic carbocycles. The number of hydrogen-bond donors (Lipinski definition) is 9. The topological polar surface area (TPSA) is 218 Å². The van der Waals surface area contributed by atoms with Crippen molar-refractivity contribution >= 4 is 5.97 Å². The SMILES string of the molecule is O=C1O[C@H]([C@@H](O)CO)C(O)=C1O.OC[C@H]1OC(O)[C@H](O)[C@@H](O)[C@@H]1O. The predicted molar refractivity (Wildman–Crippen MR) is 71.2 cm³/mol. The molecule has 0 aromatic heterocycles. The molecule has 1 fully saturated rings. The lowest BCUT2D eigenvalue weighted by Crippen LogP contribution is -2.58. The molecule has 2 aliphatic rings. The molecule has 0 aromatic rings. The number of hydrogen-bond acceptors (Lipinski definition) is 12. The summed E-state index contributed by atoms with van der Waals surface area (Å²) in [5.74, 6) is -2.78. The minimum Gasteiger partial charge on any atom is -0.505 e. The van der Waals surface area contributed by atoms with E-state index in [-0.39, 0.29) is 0 Å². The van der Waals surface area contributed by atoms with Crippen molar-refractivity contribution in [3.63, 3.8) is 0 Å². The Balaban J connectivity index is 0.000000240. The summed E-state index contributed by atoms with van der Waals surface area (Å²) in [7, 11) is 0. The summed E-state index contributed by atoms with van der Waals surface area (Å²) in [6, 6.07) is 0. The number of cyclic esters (lactones) is 1. The molecule has 0 bridgehead atoms. The number of carbonyl (C=O) groups is 1. The van der Waals surface area contributed by atoms with Crippen LogP contribution in [0, 0.1) is 0 Å². The lowest BCUT2D eigenvalue weighted by molar-refractivity contribution is -0.286. The number of aliphatic hydroxyl groups is 9. The summed E-state index contributed by atoms with van der Waals surface area (Å²) in [6.07, 6.45) is -9.82. The highest BCUT2D eigenvalue weighted by atomic mass is 16.6. The van der Waals surface area contributed by atoms with Crippen molar-refractivity contribution in [2.45, 2.75) is 42.9 Å². The first-order valence-corrected chi connectivity index (χ1v) is 6.76. The second kappa shape index (κ2) is 8.55. The van der Waals surface area contributed by atoms with Crippen LogP contribution >= 0.6 is 0 Å². The lowest BCUT2D eigenvalue weighted by atomic mass is 10.00. The van der Waals surface area contributed by atoms with Gasteiger partial charge in [0.15, 0.2) is 18.2 Å². The van der Waals surface area contributed by atoms with Gasteiger partial charge < -0.3 is 55.4 Å². The van der Waals surface area contributed by atoms with E-state index in [9.17, 15) is 4.79 Å². The van der Waals surface area contributed by atoms with Crippen molar-refractivity contribution in [3.05, 3.63) is 11.5 Å².